The van der Waals surface area contributed by atoms with Gasteiger partial charge in [-0.15, -0.1) is 12.4 Å². The Labute approximate surface area is 107 Å². The molecule has 0 saturated heterocycles. The van der Waals surface area contributed by atoms with E-state index in [-0.39, 0.29) is 24.4 Å². The van der Waals surface area contributed by atoms with Crippen molar-refractivity contribution in [3.05, 3.63) is 17.5 Å². The molecule has 17 heavy (non-hydrogen) atoms. The monoisotopic (exact) mass is 258 g/mol. The molecule has 1 aromatic heterocycles. The lowest BCUT2D eigenvalue weighted by atomic mass is 10.2. The van der Waals surface area contributed by atoms with E-state index in [0.717, 1.165) is 12.1 Å². The molecule has 0 aromatic carbocycles. The minimum Gasteiger partial charge on any atom is -0.351 e. The SMILES string of the molecule is CC(N)CCNC(=O)c1cc(C2CC2)[nH]n1.Cl. The van der Waals surface area contributed by atoms with Gasteiger partial charge in [-0.2, -0.15) is 5.10 Å². The zero-order valence-electron chi connectivity index (χ0n) is 9.90. The van der Waals surface area contributed by atoms with Crippen LogP contribution in [0.1, 0.15) is 48.3 Å². The predicted octanol–water partition coefficient (Wildman–Crippen LogP) is 1.18. The number of nitrogens with zero attached hydrogens (tertiary/aromatic N) is 1. The van der Waals surface area contributed by atoms with Crippen LogP contribution >= 0.6 is 12.4 Å². The molecule has 1 aliphatic carbocycles. The number of amides is 1. The Bertz CT molecular complexity index is 373. The summed E-state index contributed by atoms with van der Waals surface area (Å²) in [5.74, 6) is 0.474. The van der Waals surface area contributed by atoms with Gasteiger partial charge in [0, 0.05) is 24.2 Å². The summed E-state index contributed by atoms with van der Waals surface area (Å²) in [5.41, 5.74) is 7.16. The standard InChI is InChI=1S/C11H18N4O.ClH/c1-7(12)4-5-13-11(16)10-6-9(14-15-10)8-2-3-8;/h6-8H,2-5,12H2,1H3,(H,13,16)(H,14,15);1H. The fraction of sp³-hybridized carbons (Fsp3) is 0.636. The molecule has 4 N–H and O–H groups in total. The average molecular weight is 259 g/mol. The smallest absolute Gasteiger partial charge is 0.271 e. The second-order valence-corrected chi connectivity index (χ2v) is 4.50. The Hall–Kier alpha value is -1.07. The molecule has 1 atom stereocenters. The van der Waals surface area contributed by atoms with Crippen LogP contribution in [0.5, 0.6) is 0 Å². The first kappa shape index (κ1) is 14.0. The molecule has 1 aliphatic rings. The third kappa shape index (κ3) is 4.02. The van der Waals surface area contributed by atoms with Crippen LogP contribution in [0.15, 0.2) is 6.07 Å². The average Bonchev–Trinajstić information content (AvgIpc) is 2.96. The highest BCUT2D eigenvalue weighted by atomic mass is 35.5. The van der Waals surface area contributed by atoms with Crippen molar-refractivity contribution in [1.29, 1.82) is 0 Å². The van der Waals surface area contributed by atoms with Gasteiger partial charge in [0.15, 0.2) is 0 Å². The number of aromatic nitrogens is 2. The highest BCUT2D eigenvalue weighted by Gasteiger charge is 2.26. The summed E-state index contributed by atoms with van der Waals surface area (Å²) in [7, 11) is 0. The van der Waals surface area contributed by atoms with Crippen molar-refractivity contribution in [2.45, 2.75) is 38.1 Å². The predicted molar refractivity (Wildman–Crippen MR) is 68.4 cm³/mol. The molecule has 1 unspecified atom stereocenters. The van der Waals surface area contributed by atoms with Gasteiger partial charge >= 0.3 is 0 Å². The number of halogens is 1. The first-order chi connectivity index (χ1) is 7.66. The molecule has 1 amide bonds. The largest absolute Gasteiger partial charge is 0.351 e. The van der Waals surface area contributed by atoms with Gasteiger partial charge in [0.25, 0.3) is 5.91 Å². The summed E-state index contributed by atoms with van der Waals surface area (Å²) in [5, 5.41) is 9.72. The fourth-order valence-electron chi connectivity index (χ4n) is 1.56. The second kappa shape index (κ2) is 6.02. The highest BCUT2D eigenvalue weighted by molar-refractivity contribution is 5.92. The van der Waals surface area contributed by atoms with Crippen LogP contribution in [-0.2, 0) is 0 Å². The number of H-pyrrole nitrogens is 1. The van der Waals surface area contributed by atoms with E-state index in [0.29, 0.717) is 18.2 Å². The molecule has 1 fully saturated rings. The maximum absolute atomic E-state index is 11.6. The van der Waals surface area contributed by atoms with Crippen LogP contribution in [0.3, 0.4) is 0 Å². The molecule has 1 heterocycles. The molecule has 1 saturated carbocycles. The van der Waals surface area contributed by atoms with E-state index < -0.39 is 0 Å². The fourth-order valence-corrected chi connectivity index (χ4v) is 1.56. The van der Waals surface area contributed by atoms with Gasteiger partial charge in [-0.25, -0.2) is 0 Å². The molecule has 96 valence electrons. The Morgan fingerprint density at radius 1 is 1.71 bits per heavy atom. The van der Waals surface area contributed by atoms with Gasteiger partial charge in [0.2, 0.25) is 0 Å². The van der Waals surface area contributed by atoms with Crippen LogP contribution in [0, 0.1) is 0 Å². The van der Waals surface area contributed by atoms with Crippen molar-refractivity contribution >= 4 is 18.3 Å². The Morgan fingerprint density at radius 2 is 2.41 bits per heavy atom. The number of aromatic amines is 1. The zero-order valence-corrected chi connectivity index (χ0v) is 10.7. The van der Waals surface area contributed by atoms with E-state index in [1.54, 1.807) is 0 Å². The molecular formula is C11H19ClN4O. The van der Waals surface area contributed by atoms with Crippen LogP contribution < -0.4 is 11.1 Å². The van der Waals surface area contributed by atoms with Crippen molar-refractivity contribution in [2.24, 2.45) is 5.73 Å². The summed E-state index contributed by atoms with van der Waals surface area (Å²) in [6, 6.07) is 1.96. The van der Waals surface area contributed by atoms with E-state index in [1.165, 1.54) is 12.8 Å². The van der Waals surface area contributed by atoms with Crippen molar-refractivity contribution in [2.75, 3.05) is 6.54 Å². The molecule has 0 spiro atoms. The molecule has 0 bridgehead atoms. The maximum atomic E-state index is 11.6. The quantitative estimate of drug-likeness (QED) is 0.741. The van der Waals surface area contributed by atoms with Crippen molar-refractivity contribution in [3.8, 4) is 0 Å². The summed E-state index contributed by atoms with van der Waals surface area (Å²) in [6.07, 6.45) is 3.19. The highest BCUT2D eigenvalue weighted by Crippen LogP contribution is 2.38. The van der Waals surface area contributed by atoms with Gasteiger partial charge in [-0.3, -0.25) is 9.89 Å². The van der Waals surface area contributed by atoms with Crippen molar-refractivity contribution in [3.63, 3.8) is 0 Å². The topological polar surface area (TPSA) is 83.8 Å². The number of rotatable bonds is 5. The molecule has 0 radical (unpaired) electrons. The van der Waals surface area contributed by atoms with Crippen molar-refractivity contribution < 1.29 is 4.79 Å². The molecular weight excluding hydrogens is 240 g/mol. The normalized spacial score (nSPS) is 16.1. The van der Waals surface area contributed by atoms with E-state index in [4.69, 9.17) is 5.73 Å². The zero-order chi connectivity index (χ0) is 11.5. The molecule has 6 heteroatoms. The summed E-state index contributed by atoms with van der Waals surface area (Å²) in [6.45, 7) is 2.52. The third-order valence-electron chi connectivity index (χ3n) is 2.73. The van der Waals surface area contributed by atoms with E-state index in [2.05, 4.69) is 15.5 Å². The van der Waals surface area contributed by atoms with E-state index in [9.17, 15) is 4.79 Å². The Kier molecular flexibility index (Phi) is 4.96. The van der Waals surface area contributed by atoms with Gasteiger partial charge in [0.1, 0.15) is 5.69 Å². The van der Waals surface area contributed by atoms with Crippen LogP contribution in [0.4, 0.5) is 0 Å². The third-order valence-corrected chi connectivity index (χ3v) is 2.73. The number of carbonyl (C=O) groups is 1. The summed E-state index contributed by atoms with van der Waals surface area (Å²) >= 11 is 0. The minimum atomic E-state index is -0.121. The molecule has 0 aliphatic heterocycles. The second-order valence-electron chi connectivity index (χ2n) is 4.50. The van der Waals surface area contributed by atoms with Gasteiger partial charge in [0.05, 0.1) is 0 Å². The maximum Gasteiger partial charge on any atom is 0.271 e. The number of nitrogens with two attached hydrogens (primary N) is 1. The lowest BCUT2D eigenvalue weighted by Gasteiger charge is -2.05. The number of hydrogen-bond donors (Lipinski definition) is 3. The van der Waals surface area contributed by atoms with E-state index >= 15 is 0 Å². The first-order valence-electron chi connectivity index (χ1n) is 5.76. The number of carbonyl (C=O) groups excluding carboxylic acids is 1. The van der Waals surface area contributed by atoms with Crippen molar-refractivity contribution in [1.82, 2.24) is 15.5 Å². The molecule has 5 nitrogen and oxygen atoms in total. The number of hydrogen-bond acceptors (Lipinski definition) is 3. The van der Waals surface area contributed by atoms with Gasteiger partial charge < -0.3 is 11.1 Å². The molecule has 1 aromatic rings. The molecule has 2 rings (SSSR count). The van der Waals surface area contributed by atoms with Gasteiger partial charge in [-0.1, -0.05) is 0 Å². The van der Waals surface area contributed by atoms with E-state index in [1.807, 2.05) is 13.0 Å². The van der Waals surface area contributed by atoms with Crippen LogP contribution in [0.25, 0.3) is 0 Å². The Morgan fingerprint density at radius 3 is 3.00 bits per heavy atom. The van der Waals surface area contributed by atoms with Gasteiger partial charge in [-0.05, 0) is 32.3 Å². The summed E-state index contributed by atoms with van der Waals surface area (Å²) in [4.78, 5) is 11.6. The Balaban J connectivity index is 0.00000144. The van der Waals surface area contributed by atoms with Crippen LogP contribution in [-0.4, -0.2) is 28.7 Å². The first-order valence-corrected chi connectivity index (χ1v) is 5.76. The lowest BCUT2D eigenvalue weighted by molar-refractivity contribution is 0.0948. The summed E-state index contributed by atoms with van der Waals surface area (Å²) < 4.78 is 0. The number of nitrogens with one attached hydrogen (secondary N) is 2. The lowest BCUT2D eigenvalue weighted by Crippen LogP contribution is -2.29. The minimum absolute atomic E-state index is 0. The van der Waals surface area contributed by atoms with Crippen LogP contribution in [0.2, 0.25) is 0 Å².